The summed E-state index contributed by atoms with van der Waals surface area (Å²) in [6.07, 6.45) is 1.76. The third kappa shape index (κ3) is 7.12. The summed E-state index contributed by atoms with van der Waals surface area (Å²) in [5.74, 6) is 1.19. The zero-order chi connectivity index (χ0) is 34.7. The summed E-state index contributed by atoms with van der Waals surface area (Å²) >= 11 is 3.37. The van der Waals surface area contributed by atoms with Crippen molar-refractivity contribution in [1.29, 1.82) is 0 Å². The molecule has 1 aliphatic rings. The molecule has 6 rings (SSSR count). The van der Waals surface area contributed by atoms with Gasteiger partial charge in [0.1, 0.15) is 12.4 Å². The Labute approximate surface area is 298 Å². The maximum absolute atomic E-state index is 14.2. The van der Waals surface area contributed by atoms with Gasteiger partial charge < -0.3 is 19.5 Å². The highest BCUT2D eigenvalue weighted by molar-refractivity contribution is 14.1. The lowest BCUT2D eigenvalue weighted by atomic mass is 9.95. The average Bonchev–Trinajstić information content (AvgIpc) is 3.40. The minimum atomic E-state index is -0.762. The van der Waals surface area contributed by atoms with Gasteiger partial charge in [-0.25, -0.2) is 4.99 Å². The van der Waals surface area contributed by atoms with Gasteiger partial charge in [0.25, 0.3) is 17.2 Å². The number of amides is 1. The highest BCUT2D eigenvalue weighted by Gasteiger charge is 2.33. The van der Waals surface area contributed by atoms with E-state index in [1.165, 1.54) is 30.6 Å². The molecule has 4 aromatic carbocycles. The van der Waals surface area contributed by atoms with Crippen LogP contribution in [0.4, 0.5) is 11.4 Å². The number of hydrogen-bond donors (Lipinski definition) is 1. The average molecular weight is 789 g/mol. The van der Waals surface area contributed by atoms with Crippen LogP contribution in [0.1, 0.15) is 29.7 Å². The summed E-state index contributed by atoms with van der Waals surface area (Å²) in [5, 5.41) is 13.9. The number of nitrogens with zero attached hydrogens (tertiary/aromatic N) is 3. The van der Waals surface area contributed by atoms with Crippen molar-refractivity contribution in [3.05, 3.63) is 152 Å². The number of rotatable bonds is 10. The molecule has 13 heteroatoms. The first-order valence-corrected chi connectivity index (χ1v) is 16.8. The van der Waals surface area contributed by atoms with Crippen LogP contribution < -0.4 is 34.4 Å². The van der Waals surface area contributed by atoms with Crippen LogP contribution >= 0.6 is 33.9 Å². The molecule has 0 radical (unpaired) electrons. The number of nitrogens with one attached hydrogen (secondary N) is 1. The molecule has 0 unspecified atom stereocenters. The molecule has 0 aliphatic carbocycles. The van der Waals surface area contributed by atoms with Crippen LogP contribution in [0.15, 0.2) is 112 Å². The molecule has 1 atom stereocenters. The number of para-hydroxylation sites is 1. The van der Waals surface area contributed by atoms with Crippen molar-refractivity contribution >= 4 is 57.3 Å². The standard InChI is InChI=1S/C36H29IN4O7S/c1-21-31(34(42)39-25-9-5-4-6-10-25)32(24-8-7-11-27(19-24)46-2)40-35(43)30(49-36(40)38-21)18-23-16-28(37)33(29(17-23)47-3)48-20-22-12-14-26(15-13-22)41(44)45/h4-19,32H,20H2,1-3H3,(H,39,42)/b30-18-/t32-/m0/s1. The minimum absolute atomic E-state index is 0.00203. The maximum Gasteiger partial charge on any atom is 0.271 e. The molecule has 49 heavy (non-hydrogen) atoms. The summed E-state index contributed by atoms with van der Waals surface area (Å²) in [4.78, 5) is 43.8. The fourth-order valence-corrected chi connectivity index (χ4v) is 7.27. The third-order valence-electron chi connectivity index (χ3n) is 7.79. The van der Waals surface area contributed by atoms with Crippen LogP contribution in [-0.4, -0.2) is 29.6 Å². The number of non-ortho nitro benzene ring substituents is 1. The number of nitro benzene ring substituents is 1. The number of fused-ring (bicyclic) bond motifs is 1. The quantitative estimate of drug-likeness (QED) is 0.105. The van der Waals surface area contributed by atoms with E-state index in [2.05, 4.69) is 27.9 Å². The topological polar surface area (TPSA) is 134 Å². The monoisotopic (exact) mass is 788 g/mol. The Kier molecular flexibility index (Phi) is 9.92. The van der Waals surface area contributed by atoms with Gasteiger partial charge in [0, 0.05) is 17.8 Å². The minimum Gasteiger partial charge on any atom is -0.497 e. The van der Waals surface area contributed by atoms with Gasteiger partial charge in [-0.15, -0.1) is 0 Å². The Bertz CT molecular complexity index is 2280. The van der Waals surface area contributed by atoms with Crippen molar-refractivity contribution in [2.45, 2.75) is 19.6 Å². The third-order valence-corrected chi connectivity index (χ3v) is 9.57. The van der Waals surface area contributed by atoms with E-state index in [4.69, 9.17) is 19.2 Å². The summed E-state index contributed by atoms with van der Waals surface area (Å²) in [6, 6.07) is 25.5. The molecule has 1 N–H and O–H groups in total. The van der Waals surface area contributed by atoms with Crippen molar-refractivity contribution in [2.24, 2.45) is 4.99 Å². The summed E-state index contributed by atoms with van der Waals surface area (Å²) in [5.41, 5.74) is 3.32. The maximum atomic E-state index is 14.2. The number of carbonyl (C=O) groups excluding carboxylic acids is 1. The fraction of sp³-hybridized carbons (Fsp3) is 0.139. The predicted octanol–water partition coefficient (Wildman–Crippen LogP) is 5.98. The number of thiazole rings is 1. The Morgan fingerprint density at radius 1 is 1.04 bits per heavy atom. The van der Waals surface area contributed by atoms with E-state index in [9.17, 15) is 19.7 Å². The Morgan fingerprint density at radius 2 is 1.80 bits per heavy atom. The van der Waals surface area contributed by atoms with Crippen LogP contribution in [0.3, 0.4) is 0 Å². The smallest absolute Gasteiger partial charge is 0.271 e. The summed E-state index contributed by atoms with van der Waals surface area (Å²) in [7, 11) is 3.09. The van der Waals surface area contributed by atoms with Crippen LogP contribution in [0.25, 0.3) is 6.08 Å². The van der Waals surface area contributed by atoms with Gasteiger partial charge in [-0.2, -0.15) is 0 Å². The number of allylic oxidation sites excluding steroid dienone is 1. The molecule has 11 nitrogen and oxygen atoms in total. The van der Waals surface area contributed by atoms with Gasteiger partial charge >= 0.3 is 0 Å². The first-order valence-electron chi connectivity index (χ1n) is 14.9. The second kappa shape index (κ2) is 14.5. The van der Waals surface area contributed by atoms with Gasteiger partial charge in [0.2, 0.25) is 0 Å². The molecule has 2 heterocycles. The lowest BCUT2D eigenvalue weighted by molar-refractivity contribution is -0.384. The zero-order valence-electron chi connectivity index (χ0n) is 26.5. The number of anilines is 1. The number of methoxy groups -OCH3 is 2. The van der Waals surface area contributed by atoms with Gasteiger partial charge in [0.05, 0.1) is 44.6 Å². The van der Waals surface area contributed by atoms with E-state index in [0.717, 1.165) is 9.13 Å². The predicted molar refractivity (Wildman–Crippen MR) is 195 cm³/mol. The summed E-state index contributed by atoms with van der Waals surface area (Å²) in [6.45, 7) is 1.94. The number of aromatic nitrogens is 1. The van der Waals surface area contributed by atoms with Crippen LogP contribution in [0, 0.1) is 13.7 Å². The lowest BCUT2D eigenvalue weighted by Gasteiger charge is -2.25. The Morgan fingerprint density at radius 3 is 2.49 bits per heavy atom. The van der Waals surface area contributed by atoms with Gasteiger partial charge in [0.15, 0.2) is 16.3 Å². The molecule has 1 aliphatic heterocycles. The first-order chi connectivity index (χ1) is 23.7. The summed E-state index contributed by atoms with van der Waals surface area (Å²) < 4.78 is 19.9. The molecule has 0 bridgehead atoms. The molecule has 1 aromatic heterocycles. The molecule has 5 aromatic rings. The molecule has 248 valence electrons. The van der Waals surface area contributed by atoms with Crippen molar-refractivity contribution in [3.8, 4) is 17.2 Å². The van der Waals surface area contributed by atoms with Crippen molar-refractivity contribution in [3.63, 3.8) is 0 Å². The lowest BCUT2D eigenvalue weighted by Crippen LogP contribution is -2.40. The first kappa shape index (κ1) is 33.6. The number of carbonyl (C=O) groups is 1. The van der Waals surface area contributed by atoms with Crippen molar-refractivity contribution in [2.75, 3.05) is 19.5 Å². The Hall–Kier alpha value is -5.28. The number of benzene rings is 4. The SMILES string of the molecule is COc1cccc([C@H]2C(C(=O)Nc3ccccc3)=C(C)N=c3s/c(=C\c4cc(I)c(OCc5ccc([N+](=O)[O-])cc5)c(OC)c4)c(=O)n32)c1. The number of halogens is 1. The van der Waals surface area contributed by atoms with Gasteiger partial charge in [-0.05, 0) is 101 Å². The van der Waals surface area contributed by atoms with Gasteiger partial charge in [-0.3, -0.25) is 24.3 Å². The second-order valence-corrected chi connectivity index (χ2v) is 13.1. The number of ether oxygens (including phenoxy) is 3. The van der Waals surface area contributed by atoms with Crippen LogP contribution in [-0.2, 0) is 11.4 Å². The number of hydrogen-bond acceptors (Lipinski definition) is 9. The van der Waals surface area contributed by atoms with Crippen LogP contribution in [0.5, 0.6) is 17.2 Å². The molecule has 0 fully saturated rings. The second-order valence-electron chi connectivity index (χ2n) is 10.9. The normalized spacial score (nSPS) is 14.1. The van der Waals surface area contributed by atoms with E-state index in [1.54, 1.807) is 55.0 Å². The van der Waals surface area contributed by atoms with E-state index in [0.29, 0.717) is 54.7 Å². The Balaban J connectivity index is 1.38. The molecular formula is C36H29IN4O7S. The molecule has 0 saturated heterocycles. The van der Waals surface area contributed by atoms with Crippen LogP contribution in [0.2, 0.25) is 0 Å². The highest BCUT2D eigenvalue weighted by atomic mass is 127. The largest absolute Gasteiger partial charge is 0.497 e. The van der Waals surface area contributed by atoms with Gasteiger partial charge in [-0.1, -0.05) is 41.7 Å². The van der Waals surface area contributed by atoms with E-state index in [1.807, 2.05) is 48.5 Å². The zero-order valence-corrected chi connectivity index (χ0v) is 29.5. The molecule has 0 saturated carbocycles. The van der Waals surface area contributed by atoms with Crippen molar-refractivity contribution < 1.29 is 23.9 Å². The highest BCUT2D eigenvalue weighted by Crippen LogP contribution is 2.35. The fourth-order valence-electron chi connectivity index (χ4n) is 5.44. The van der Waals surface area contributed by atoms with Crippen molar-refractivity contribution in [1.82, 2.24) is 4.57 Å². The molecular weight excluding hydrogens is 759 g/mol. The molecule has 0 spiro atoms. The van der Waals surface area contributed by atoms with E-state index in [-0.39, 0.29) is 23.8 Å². The molecule has 1 amide bonds. The number of nitro groups is 1. The van der Waals surface area contributed by atoms with E-state index < -0.39 is 11.0 Å². The van der Waals surface area contributed by atoms with E-state index >= 15 is 0 Å².